The van der Waals surface area contributed by atoms with Crippen molar-refractivity contribution in [3.8, 4) is 0 Å². The van der Waals surface area contributed by atoms with E-state index in [9.17, 15) is 0 Å². The number of hydrogen-bond donors (Lipinski definition) is 1. The molecule has 16 heavy (non-hydrogen) atoms. The van der Waals surface area contributed by atoms with Crippen LogP contribution in [0.25, 0.3) is 0 Å². The Bertz CT molecular complexity index is 364. The highest BCUT2D eigenvalue weighted by Crippen LogP contribution is 2.45. The van der Waals surface area contributed by atoms with Crippen LogP contribution < -0.4 is 10.6 Å². The topological polar surface area (TPSA) is 42.2 Å². The number of hydrogen-bond acceptors (Lipinski definition) is 4. The average Bonchev–Trinajstić information content (AvgIpc) is 2.84. The van der Waals surface area contributed by atoms with Crippen molar-refractivity contribution in [2.45, 2.75) is 38.0 Å². The minimum absolute atomic E-state index is 0.232. The van der Waals surface area contributed by atoms with Gasteiger partial charge in [0.25, 0.3) is 0 Å². The zero-order valence-electron chi connectivity index (χ0n) is 10.4. The maximum absolute atomic E-state index is 6.02. The van der Waals surface area contributed by atoms with Crippen LogP contribution >= 0.6 is 11.3 Å². The van der Waals surface area contributed by atoms with Gasteiger partial charge in [0.05, 0.1) is 5.69 Å². The zero-order chi connectivity index (χ0) is 11.8. The van der Waals surface area contributed by atoms with Gasteiger partial charge < -0.3 is 10.6 Å². The van der Waals surface area contributed by atoms with E-state index in [1.54, 1.807) is 0 Å². The van der Waals surface area contributed by atoms with Crippen molar-refractivity contribution < 1.29 is 0 Å². The molecule has 0 saturated heterocycles. The lowest BCUT2D eigenvalue weighted by Gasteiger charge is -2.26. The van der Waals surface area contributed by atoms with Gasteiger partial charge >= 0.3 is 0 Å². The van der Waals surface area contributed by atoms with Gasteiger partial charge in [-0.15, -0.1) is 11.3 Å². The van der Waals surface area contributed by atoms with Crippen molar-refractivity contribution in [3.63, 3.8) is 0 Å². The summed E-state index contributed by atoms with van der Waals surface area (Å²) < 4.78 is 0. The van der Waals surface area contributed by atoms with Gasteiger partial charge in [-0.3, -0.25) is 0 Å². The van der Waals surface area contributed by atoms with Crippen LogP contribution in [0.1, 0.15) is 36.3 Å². The van der Waals surface area contributed by atoms with Crippen LogP contribution in [0.2, 0.25) is 0 Å². The molecular formula is C12H21N3S. The van der Waals surface area contributed by atoms with Crippen LogP contribution in [-0.4, -0.2) is 25.6 Å². The number of aryl methyl sites for hydroxylation is 1. The van der Waals surface area contributed by atoms with Crippen molar-refractivity contribution >= 4 is 16.5 Å². The molecule has 1 fully saturated rings. The van der Waals surface area contributed by atoms with Gasteiger partial charge in [-0.2, -0.15) is 0 Å². The number of nitrogens with two attached hydrogens (primary N) is 1. The fourth-order valence-electron chi connectivity index (χ4n) is 2.64. The maximum atomic E-state index is 6.02. The Morgan fingerprint density at radius 1 is 1.38 bits per heavy atom. The van der Waals surface area contributed by atoms with E-state index in [2.05, 4.69) is 16.8 Å². The highest BCUT2D eigenvalue weighted by atomic mass is 32.1. The molecule has 4 heteroatoms. The molecule has 1 aliphatic carbocycles. The van der Waals surface area contributed by atoms with E-state index in [4.69, 9.17) is 5.73 Å². The molecule has 0 amide bonds. The minimum atomic E-state index is 0.232. The van der Waals surface area contributed by atoms with Crippen LogP contribution in [0.15, 0.2) is 0 Å². The largest absolute Gasteiger partial charge is 0.354 e. The Labute approximate surface area is 102 Å². The summed E-state index contributed by atoms with van der Waals surface area (Å²) in [6, 6.07) is 0. The van der Waals surface area contributed by atoms with Crippen molar-refractivity contribution in [1.29, 1.82) is 0 Å². The molecule has 0 unspecified atom stereocenters. The van der Waals surface area contributed by atoms with Crippen LogP contribution in [0.4, 0.5) is 5.13 Å². The summed E-state index contributed by atoms with van der Waals surface area (Å²) in [6.07, 6.45) is 5.09. The first-order valence-corrected chi connectivity index (χ1v) is 6.76. The Kier molecular flexibility index (Phi) is 3.22. The molecule has 90 valence electrons. The fraction of sp³-hybridized carbons (Fsp3) is 0.750. The third-order valence-electron chi connectivity index (χ3n) is 3.60. The van der Waals surface area contributed by atoms with Gasteiger partial charge in [0.2, 0.25) is 0 Å². The molecule has 2 N–H and O–H groups in total. The van der Waals surface area contributed by atoms with E-state index in [1.165, 1.54) is 36.3 Å². The minimum Gasteiger partial charge on any atom is -0.354 e. The molecular weight excluding hydrogens is 218 g/mol. The summed E-state index contributed by atoms with van der Waals surface area (Å²) in [4.78, 5) is 8.15. The number of anilines is 1. The SMILES string of the molecule is Cc1nc(N(C)C)sc1C1(CN)CCCC1. The molecule has 0 aromatic carbocycles. The van der Waals surface area contributed by atoms with E-state index in [-0.39, 0.29) is 5.41 Å². The quantitative estimate of drug-likeness (QED) is 0.880. The van der Waals surface area contributed by atoms with Crippen molar-refractivity contribution in [1.82, 2.24) is 4.98 Å². The molecule has 0 radical (unpaired) electrons. The van der Waals surface area contributed by atoms with Gasteiger partial charge in [-0.05, 0) is 19.8 Å². The van der Waals surface area contributed by atoms with Gasteiger partial charge in [0, 0.05) is 30.9 Å². The third-order valence-corrected chi connectivity index (χ3v) is 5.17. The monoisotopic (exact) mass is 239 g/mol. The summed E-state index contributed by atoms with van der Waals surface area (Å²) >= 11 is 1.82. The van der Waals surface area contributed by atoms with Crippen molar-refractivity contribution in [2.24, 2.45) is 5.73 Å². The summed E-state index contributed by atoms with van der Waals surface area (Å²) in [6.45, 7) is 2.89. The summed E-state index contributed by atoms with van der Waals surface area (Å²) in [5.41, 5.74) is 7.43. The Morgan fingerprint density at radius 3 is 2.44 bits per heavy atom. The molecule has 0 bridgehead atoms. The molecule has 1 aromatic heterocycles. The van der Waals surface area contributed by atoms with Crippen LogP contribution in [-0.2, 0) is 5.41 Å². The first-order valence-electron chi connectivity index (χ1n) is 5.94. The molecule has 1 saturated carbocycles. The summed E-state index contributed by atoms with van der Waals surface area (Å²) in [5, 5.41) is 1.10. The second-order valence-corrected chi connectivity index (χ2v) is 5.97. The molecule has 1 heterocycles. The summed E-state index contributed by atoms with van der Waals surface area (Å²) in [5.74, 6) is 0. The van der Waals surface area contributed by atoms with E-state index >= 15 is 0 Å². The highest BCUT2D eigenvalue weighted by Gasteiger charge is 2.37. The molecule has 2 rings (SSSR count). The molecule has 0 aliphatic heterocycles. The summed E-state index contributed by atoms with van der Waals surface area (Å²) in [7, 11) is 4.09. The van der Waals surface area contributed by atoms with E-state index in [1.807, 2.05) is 25.4 Å². The molecule has 1 aromatic rings. The predicted molar refractivity (Wildman–Crippen MR) is 70.4 cm³/mol. The van der Waals surface area contributed by atoms with Gasteiger partial charge in [0.15, 0.2) is 5.13 Å². The van der Waals surface area contributed by atoms with Crippen molar-refractivity contribution in [2.75, 3.05) is 25.5 Å². The second-order valence-electron chi connectivity index (χ2n) is 5.00. The van der Waals surface area contributed by atoms with Crippen LogP contribution in [0.3, 0.4) is 0 Å². The lowest BCUT2D eigenvalue weighted by atomic mass is 9.84. The van der Waals surface area contributed by atoms with Gasteiger partial charge in [-0.1, -0.05) is 12.8 Å². The van der Waals surface area contributed by atoms with E-state index in [0.29, 0.717) is 0 Å². The third kappa shape index (κ3) is 1.84. The lowest BCUT2D eigenvalue weighted by Crippen LogP contribution is -2.31. The number of thiazole rings is 1. The number of nitrogens with zero attached hydrogens (tertiary/aromatic N) is 2. The van der Waals surface area contributed by atoms with Gasteiger partial charge in [-0.25, -0.2) is 4.98 Å². The molecule has 3 nitrogen and oxygen atoms in total. The van der Waals surface area contributed by atoms with Crippen molar-refractivity contribution in [3.05, 3.63) is 10.6 Å². The standard InChI is InChI=1S/C12H21N3S/c1-9-10(16-11(14-9)15(2)3)12(8-13)6-4-5-7-12/h4-8,13H2,1-3H3. The fourth-order valence-corrected chi connectivity index (χ4v) is 3.89. The molecule has 0 atom stereocenters. The smallest absolute Gasteiger partial charge is 0.185 e. The number of aromatic nitrogens is 1. The second kappa shape index (κ2) is 4.34. The van der Waals surface area contributed by atoms with Crippen LogP contribution in [0.5, 0.6) is 0 Å². The average molecular weight is 239 g/mol. The normalized spacial score (nSPS) is 19.0. The molecule has 0 spiro atoms. The first kappa shape index (κ1) is 11.9. The Hall–Kier alpha value is -0.610. The zero-order valence-corrected chi connectivity index (χ0v) is 11.2. The van der Waals surface area contributed by atoms with Crippen LogP contribution in [0, 0.1) is 6.92 Å². The maximum Gasteiger partial charge on any atom is 0.185 e. The van der Waals surface area contributed by atoms with E-state index < -0.39 is 0 Å². The first-order chi connectivity index (χ1) is 7.59. The Morgan fingerprint density at radius 2 is 2.00 bits per heavy atom. The lowest BCUT2D eigenvalue weighted by molar-refractivity contribution is 0.459. The predicted octanol–water partition coefficient (Wildman–Crippen LogP) is 2.29. The highest BCUT2D eigenvalue weighted by molar-refractivity contribution is 7.15. The van der Waals surface area contributed by atoms with E-state index in [0.717, 1.165) is 11.7 Å². The molecule has 1 aliphatic rings. The Balaban J connectivity index is 2.38. The number of rotatable bonds is 3. The van der Waals surface area contributed by atoms with Gasteiger partial charge in [0.1, 0.15) is 0 Å².